The summed E-state index contributed by atoms with van der Waals surface area (Å²) in [6.07, 6.45) is 5.15. The van der Waals surface area contributed by atoms with Crippen LogP contribution in [0.3, 0.4) is 0 Å². The van der Waals surface area contributed by atoms with E-state index in [9.17, 15) is 27.1 Å². The highest BCUT2D eigenvalue weighted by atomic mass is 32.2. The Morgan fingerprint density at radius 2 is 1.49 bits per heavy atom. The summed E-state index contributed by atoms with van der Waals surface area (Å²) in [5.74, 6) is -2.57. The first-order valence-electron chi connectivity index (χ1n) is 14.4. The van der Waals surface area contributed by atoms with E-state index in [-0.39, 0.29) is 16.9 Å². The van der Waals surface area contributed by atoms with E-state index in [0.29, 0.717) is 34.5 Å². The van der Waals surface area contributed by atoms with Crippen molar-refractivity contribution in [3.05, 3.63) is 102 Å². The predicted molar refractivity (Wildman–Crippen MR) is 163 cm³/mol. The molecule has 4 aromatic carbocycles. The average molecular weight is 603 g/mol. The van der Waals surface area contributed by atoms with Crippen LogP contribution in [0.25, 0.3) is 22.3 Å². The van der Waals surface area contributed by atoms with Crippen molar-refractivity contribution in [2.75, 3.05) is 18.5 Å². The van der Waals surface area contributed by atoms with Crippen LogP contribution in [0, 0.1) is 17.6 Å². The summed E-state index contributed by atoms with van der Waals surface area (Å²) in [5.41, 5.74) is 2.68. The molecule has 6 nitrogen and oxygen atoms in total. The highest BCUT2D eigenvalue weighted by molar-refractivity contribution is 7.89. The maximum absolute atomic E-state index is 14.5. The fourth-order valence-electron chi connectivity index (χ4n) is 6.50. The van der Waals surface area contributed by atoms with Crippen molar-refractivity contribution < 1.29 is 27.1 Å². The minimum Gasteiger partial charge on any atom is -0.478 e. The Balaban J connectivity index is 1.64. The lowest BCUT2D eigenvalue weighted by Gasteiger charge is -2.36. The molecule has 0 amide bonds. The van der Waals surface area contributed by atoms with Gasteiger partial charge in [-0.05, 0) is 89.5 Å². The number of carboxylic acid groups (broad SMARTS) is 1. The van der Waals surface area contributed by atoms with Crippen molar-refractivity contribution in [1.82, 2.24) is 4.31 Å². The number of hydrogen-bond acceptors (Lipinski definition) is 4. The van der Waals surface area contributed by atoms with Gasteiger partial charge in [-0.3, -0.25) is 0 Å². The number of hydrogen-bond donors (Lipinski definition) is 1. The van der Waals surface area contributed by atoms with E-state index in [1.54, 1.807) is 31.3 Å². The number of aromatic carboxylic acids is 1. The number of sulfonamides is 1. The Morgan fingerprint density at radius 3 is 2.16 bits per heavy atom. The van der Waals surface area contributed by atoms with Gasteiger partial charge in [-0.15, -0.1) is 0 Å². The highest BCUT2D eigenvalue weighted by Gasteiger charge is 2.41. The van der Waals surface area contributed by atoms with Gasteiger partial charge in [0.1, 0.15) is 16.5 Å². The van der Waals surface area contributed by atoms with Crippen LogP contribution in [0.2, 0.25) is 0 Å². The molecule has 9 heteroatoms. The van der Waals surface area contributed by atoms with Gasteiger partial charge in [0.15, 0.2) is 0 Å². The van der Waals surface area contributed by atoms with Gasteiger partial charge in [0.05, 0.1) is 11.3 Å². The van der Waals surface area contributed by atoms with Gasteiger partial charge in [-0.1, -0.05) is 55.7 Å². The second-order valence-electron chi connectivity index (χ2n) is 11.3. The Labute approximate surface area is 250 Å². The predicted octanol–water partition coefficient (Wildman–Crippen LogP) is 7.72. The smallest absolute Gasteiger partial charge is 0.338 e. The van der Waals surface area contributed by atoms with Crippen molar-refractivity contribution in [3.63, 3.8) is 0 Å². The highest BCUT2D eigenvalue weighted by Crippen LogP contribution is 2.46. The molecule has 6 rings (SSSR count). The molecule has 0 unspecified atom stereocenters. The van der Waals surface area contributed by atoms with Gasteiger partial charge >= 0.3 is 5.97 Å². The lowest BCUT2D eigenvalue weighted by atomic mass is 9.83. The Bertz CT molecular complexity index is 1770. The summed E-state index contributed by atoms with van der Waals surface area (Å²) >= 11 is 0. The van der Waals surface area contributed by atoms with Gasteiger partial charge in [0.2, 0.25) is 10.0 Å². The molecule has 0 saturated heterocycles. The number of benzene rings is 4. The molecule has 2 aliphatic rings. The summed E-state index contributed by atoms with van der Waals surface area (Å²) in [7, 11) is -2.39. The van der Waals surface area contributed by atoms with Crippen LogP contribution in [0.5, 0.6) is 0 Å². The van der Waals surface area contributed by atoms with Crippen LogP contribution in [-0.4, -0.2) is 43.4 Å². The number of carboxylic acids is 1. The third kappa shape index (κ3) is 5.43. The molecule has 1 fully saturated rings. The number of rotatable bonds is 5. The molecule has 1 aliphatic heterocycles. The SMILES string of the molecule is CN1[C@H](C2CCCCC2)CN(c2ccccc2)c2cc(-c3ccc(F)cc3)c(-c3ccc(F)c(C(=O)O)c3)cc2S1(=O)=O. The molecule has 1 heterocycles. The molecule has 43 heavy (non-hydrogen) atoms. The molecule has 0 radical (unpaired) electrons. The number of nitrogens with zero attached hydrogens (tertiary/aromatic N) is 2. The van der Waals surface area contributed by atoms with Gasteiger partial charge < -0.3 is 10.0 Å². The molecule has 1 atom stereocenters. The second-order valence-corrected chi connectivity index (χ2v) is 13.3. The summed E-state index contributed by atoms with van der Waals surface area (Å²) in [6, 6.07) is 22.2. The van der Waals surface area contributed by atoms with E-state index in [2.05, 4.69) is 0 Å². The molecular formula is C34H32F2N2O4S. The molecule has 1 aliphatic carbocycles. The second kappa shape index (κ2) is 11.5. The summed E-state index contributed by atoms with van der Waals surface area (Å²) in [5, 5.41) is 9.62. The zero-order valence-electron chi connectivity index (χ0n) is 23.7. The molecule has 1 N–H and O–H groups in total. The van der Waals surface area contributed by atoms with Crippen LogP contribution < -0.4 is 4.90 Å². The Morgan fingerprint density at radius 1 is 0.837 bits per heavy atom. The maximum atomic E-state index is 14.5. The zero-order chi connectivity index (χ0) is 30.3. The van der Waals surface area contributed by atoms with E-state index in [1.807, 2.05) is 35.2 Å². The molecular weight excluding hydrogens is 570 g/mol. The molecule has 0 bridgehead atoms. The minimum absolute atomic E-state index is 0.0687. The van der Waals surface area contributed by atoms with Gasteiger partial charge in [0, 0.05) is 25.3 Å². The molecule has 1 saturated carbocycles. The number of halogens is 2. The fourth-order valence-corrected chi connectivity index (χ4v) is 8.11. The number of fused-ring (bicyclic) bond motifs is 1. The first-order chi connectivity index (χ1) is 20.6. The largest absolute Gasteiger partial charge is 0.478 e. The number of para-hydroxylation sites is 1. The first kappa shape index (κ1) is 29.0. The van der Waals surface area contributed by atoms with E-state index in [0.717, 1.165) is 43.9 Å². The van der Waals surface area contributed by atoms with E-state index < -0.39 is 33.2 Å². The van der Waals surface area contributed by atoms with Crippen LogP contribution >= 0.6 is 0 Å². The van der Waals surface area contributed by atoms with Crippen molar-refractivity contribution in [1.29, 1.82) is 0 Å². The van der Waals surface area contributed by atoms with Gasteiger partial charge in [0.25, 0.3) is 0 Å². The molecule has 0 spiro atoms. The number of carbonyl (C=O) groups is 1. The summed E-state index contributed by atoms with van der Waals surface area (Å²) in [6.45, 7) is 0.444. The first-order valence-corrected chi connectivity index (χ1v) is 15.9. The third-order valence-electron chi connectivity index (χ3n) is 8.81. The summed E-state index contributed by atoms with van der Waals surface area (Å²) in [4.78, 5) is 13.9. The van der Waals surface area contributed by atoms with Gasteiger partial charge in [-0.25, -0.2) is 22.0 Å². The van der Waals surface area contributed by atoms with E-state index >= 15 is 0 Å². The van der Waals surface area contributed by atoms with Crippen molar-refractivity contribution >= 4 is 27.4 Å². The van der Waals surface area contributed by atoms with Crippen molar-refractivity contribution in [2.45, 2.75) is 43.0 Å². The van der Waals surface area contributed by atoms with Crippen LogP contribution in [0.1, 0.15) is 42.5 Å². The monoisotopic (exact) mass is 602 g/mol. The van der Waals surface area contributed by atoms with E-state index in [4.69, 9.17) is 0 Å². The quantitative estimate of drug-likeness (QED) is 0.253. The maximum Gasteiger partial charge on any atom is 0.338 e. The molecule has 4 aromatic rings. The lowest BCUT2D eigenvalue weighted by molar-refractivity contribution is 0.0692. The molecule has 222 valence electrons. The molecule has 0 aromatic heterocycles. The topological polar surface area (TPSA) is 77.9 Å². The fraction of sp³-hybridized carbons (Fsp3) is 0.265. The Kier molecular flexibility index (Phi) is 7.79. The summed E-state index contributed by atoms with van der Waals surface area (Å²) < 4.78 is 58.8. The zero-order valence-corrected chi connectivity index (χ0v) is 24.5. The minimum atomic E-state index is -4.03. The Hall–Kier alpha value is -4.08. The van der Waals surface area contributed by atoms with Crippen LogP contribution in [0.4, 0.5) is 20.2 Å². The van der Waals surface area contributed by atoms with Crippen LogP contribution in [-0.2, 0) is 10.0 Å². The van der Waals surface area contributed by atoms with Crippen LogP contribution in [0.15, 0.2) is 89.8 Å². The van der Waals surface area contributed by atoms with Crippen molar-refractivity contribution in [3.8, 4) is 22.3 Å². The standard InChI is InChI=1S/C34H32F2N2O4S/c1-37-32(23-8-4-2-5-9-23)21-38(26-10-6-3-7-11-26)31-19-27(22-12-15-25(35)16-13-22)28(20-33(31)43(37,41)42)24-14-17-30(36)29(18-24)34(39)40/h3,6-7,10-20,23,32H,2,4-5,8-9,21H2,1H3,(H,39,40)/t32-/m0/s1. The third-order valence-corrected chi connectivity index (χ3v) is 10.7. The number of anilines is 2. The van der Waals surface area contributed by atoms with Crippen molar-refractivity contribution in [2.24, 2.45) is 5.92 Å². The average Bonchev–Trinajstić information content (AvgIpc) is 3.10. The lowest BCUT2D eigenvalue weighted by Crippen LogP contribution is -2.46. The number of likely N-dealkylation sites (N-methyl/N-ethyl adjacent to an activating group) is 1. The normalized spacial score (nSPS) is 19.0. The van der Waals surface area contributed by atoms with E-state index in [1.165, 1.54) is 28.6 Å². The van der Waals surface area contributed by atoms with Gasteiger partial charge in [-0.2, -0.15) is 4.31 Å².